The topological polar surface area (TPSA) is 90.1 Å². The number of nitrogens with two attached hydrogens (primary N) is 1. The van der Waals surface area contributed by atoms with Crippen LogP contribution in [0.15, 0.2) is 48.5 Å². The Hall–Kier alpha value is -3.12. The highest BCUT2D eigenvalue weighted by Gasteiger charge is 2.09. The number of hydrogen-bond acceptors (Lipinski definition) is 6. The van der Waals surface area contributed by atoms with Crippen molar-refractivity contribution in [1.82, 2.24) is 9.97 Å². The second-order valence-corrected chi connectivity index (χ2v) is 6.09. The predicted molar refractivity (Wildman–Crippen MR) is 103 cm³/mol. The zero-order valence-electron chi connectivity index (χ0n) is 14.3. The zero-order valence-corrected chi connectivity index (χ0v) is 15.0. The first kappa shape index (κ1) is 17.7. The molecule has 7 heteroatoms. The molecule has 0 fully saturated rings. The average molecular weight is 369 g/mol. The number of anilines is 3. The van der Waals surface area contributed by atoms with Crippen molar-refractivity contribution in [2.24, 2.45) is 0 Å². The first-order chi connectivity index (χ1) is 12.5. The van der Waals surface area contributed by atoms with Crippen LogP contribution in [0.5, 0.6) is 0 Å². The summed E-state index contributed by atoms with van der Waals surface area (Å²) >= 11 is 6.10. The minimum atomic E-state index is -0.387. The van der Waals surface area contributed by atoms with E-state index in [9.17, 15) is 4.79 Å². The Morgan fingerprint density at radius 3 is 2.54 bits per heavy atom. The van der Waals surface area contributed by atoms with Crippen LogP contribution in [0.2, 0.25) is 5.02 Å². The van der Waals surface area contributed by atoms with Crippen molar-refractivity contribution in [3.8, 4) is 11.3 Å². The number of methoxy groups -OCH3 is 1. The lowest BCUT2D eigenvalue weighted by Crippen LogP contribution is -2.03. The van der Waals surface area contributed by atoms with E-state index in [1.54, 1.807) is 30.3 Å². The molecular formula is C19H17ClN4O2. The molecule has 3 rings (SSSR count). The van der Waals surface area contributed by atoms with Gasteiger partial charge in [-0.15, -0.1) is 0 Å². The summed E-state index contributed by atoms with van der Waals surface area (Å²) in [5.74, 6) is 0.301. The number of benzene rings is 2. The molecule has 132 valence electrons. The maximum absolute atomic E-state index is 11.5. The van der Waals surface area contributed by atoms with Crippen molar-refractivity contribution in [1.29, 1.82) is 0 Å². The van der Waals surface area contributed by atoms with E-state index in [1.165, 1.54) is 7.11 Å². The van der Waals surface area contributed by atoms with E-state index in [4.69, 9.17) is 17.3 Å². The third-order valence-corrected chi connectivity index (χ3v) is 4.03. The standard InChI is InChI=1S/C19H17ClN4O2/c1-11-3-6-13(20)9-15(11)16-10-17(24-19(21)23-16)22-14-7-4-12(5-8-14)18(25)26-2/h3-10H,1-2H3,(H3,21,22,23,24). The molecule has 0 atom stereocenters. The molecule has 1 aromatic heterocycles. The van der Waals surface area contributed by atoms with Gasteiger partial charge in [-0.05, 0) is 48.9 Å². The predicted octanol–water partition coefficient (Wildman–Crippen LogP) is 4.22. The Labute approximate surface area is 156 Å². The molecule has 3 aromatic rings. The number of carbonyl (C=O) groups excluding carboxylic acids is 1. The van der Waals surface area contributed by atoms with Crippen LogP contribution in [0.3, 0.4) is 0 Å². The van der Waals surface area contributed by atoms with Crippen LogP contribution in [0.4, 0.5) is 17.5 Å². The first-order valence-corrected chi connectivity index (χ1v) is 8.20. The van der Waals surface area contributed by atoms with Crippen molar-refractivity contribution in [2.75, 3.05) is 18.2 Å². The second kappa shape index (κ2) is 7.41. The Morgan fingerprint density at radius 1 is 1.12 bits per heavy atom. The molecule has 0 saturated carbocycles. The van der Waals surface area contributed by atoms with Crippen LogP contribution in [-0.4, -0.2) is 23.0 Å². The molecule has 0 aliphatic heterocycles. The third-order valence-electron chi connectivity index (χ3n) is 3.80. The maximum Gasteiger partial charge on any atom is 0.337 e. The van der Waals surface area contributed by atoms with Gasteiger partial charge in [0.2, 0.25) is 5.95 Å². The van der Waals surface area contributed by atoms with Crippen LogP contribution in [-0.2, 0) is 4.74 Å². The summed E-state index contributed by atoms with van der Waals surface area (Å²) in [7, 11) is 1.34. The molecule has 1 heterocycles. The largest absolute Gasteiger partial charge is 0.465 e. The number of rotatable bonds is 4. The Morgan fingerprint density at radius 2 is 1.85 bits per heavy atom. The molecule has 0 bridgehead atoms. The van der Waals surface area contributed by atoms with Gasteiger partial charge in [0, 0.05) is 22.3 Å². The fourth-order valence-electron chi connectivity index (χ4n) is 2.49. The quantitative estimate of drug-likeness (QED) is 0.670. The van der Waals surface area contributed by atoms with Crippen molar-refractivity contribution in [3.05, 3.63) is 64.7 Å². The van der Waals surface area contributed by atoms with Crippen LogP contribution in [0.25, 0.3) is 11.3 Å². The van der Waals surface area contributed by atoms with E-state index >= 15 is 0 Å². The minimum Gasteiger partial charge on any atom is -0.465 e. The summed E-state index contributed by atoms with van der Waals surface area (Å²) in [5, 5.41) is 3.78. The number of carbonyl (C=O) groups is 1. The van der Waals surface area contributed by atoms with E-state index < -0.39 is 0 Å². The Bertz CT molecular complexity index is 958. The number of halogens is 1. The fraction of sp³-hybridized carbons (Fsp3) is 0.105. The SMILES string of the molecule is COC(=O)c1ccc(Nc2cc(-c3cc(Cl)ccc3C)nc(N)n2)cc1. The molecule has 2 aromatic carbocycles. The van der Waals surface area contributed by atoms with Crippen molar-refractivity contribution < 1.29 is 9.53 Å². The van der Waals surface area contributed by atoms with Gasteiger partial charge in [0.05, 0.1) is 18.4 Å². The van der Waals surface area contributed by atoms with E-state index in [2.05, 4.69) is 20.0 Å². The molecule has 0 aliphatic carbocycles. The van der Waals surface area contributed by atoms with Crippen LogP contribution >= 0.6 is 11.6 Å². The highest BCUT2D eigenvalue weighted by Crippen LogP contribution is 2.28. The number of esters is 1. The average Bonchev–Trinajstić information content (AvgIpc) is 2.63. The number of ether oxygens (including phenoxy) is 1. The summed E-state index contributed by atoms with van der Waals surface area (Å²) < 4.78 is 4.69. The normalized spacial score (nSPS) is 10.4. The minimum absolute atomic E-state index is 0.149. The smallest absolute Gasteiger partial charge is 0.337 e. The molecule has 0 aliphatic rings. The third kappa shape index (κ3) is 3.92. The summed E-state index contributed by atoms with van der Waals surface area (Å²) in [4.78, 5) is 20.0. The van der Waals surface area contributed by atoms with Gasteiger partial charge >= 0.3 is 5.97 Å². The lowest BCUT2D eigenvalue weighted by Gasteiger charge is -2.11. The monoisotopic (exact) mass is 368 g/mol. The van der Waals surface area contributed by atoms with Crippen molar-refractivity contribution in [3.63, 3.8) is 0 Å². The van der Waals surface area contributed by atoms with E-state index in [-0.39, 0.29) is 11.9 Å². The van der Waals surface area contributed by atoms with E-state index in [0.29, 0.717) is 22.1 Å². The number of aryl methyl sites for hydroxylation is 1. The van der Waals surface area contributed by atoms with Gasteiger partial charge in [0.25, 0.3) is 0 Å². The Kier molecular flexibility index (Phi) is 5.04. The number of nitrogens with one attached hydrogen (secondary N) is 1. The van der Waals surface area contributed by atoms with Crippen LogP contribution in [0, 0.1) is 6.92 Å². The molecule has 3 N–H and O–H groups in total. The van der Waals surface area contributed by atoms with Gasteiger partial charge in [0.15, 0.2) is 0 Å². The second-order valence-electron chi connectivity index (χ2n) is 5.65. The highest BCUT2D eigenvalue weighted by atomic mass is 35.5. The summed E-state index contributed by atoms with van der Waals surface area (Å²) in [6.07, 6.45) is 0. The van der Waals surface area contributed by atoms with Crippen LogP contribution in [0.1, 0.15) is 15.9 Å². The van der Waals surface area contributed by atoms with Gasteiger partial charge < -0.3 is 15.8 Å². The first-order valence-electron chi connectivity index (χ1n) is 7.83. The fourth-order valence-corrected chi connectivity index (χ4v) is 2.67. The summed E-state index contributed by atoms with van der Waals surface area (Å²) in [5.41, 5.74) is 9.67. The molecule has 0 saturated heterocycles. The van der Waals surface area contributed by atoms with Gasteiger partial charge in [-0.2, -0.15) is 4.98 Å². The van der Waals surface area contributed by atoms with Gasteiger partial charge in [0.1, 0.15) is 5.82 Å². The number of nitrogens with zero attached hydrogens (tertiary/aromatic N) is 2. The van der Waals surface area contributed by atoms with Crippen LogP contribution < -0.4 is 11.1 Å². The lowest BCUT2D eigenvalue weighted by atomic mass is 10.1. The van der Waals surface area contributed by atoms with E-state index in [0.717, 1.165) is 16.8 Å². The molecule has 6 nitrogen and oxygen atoms in total. The van der Waals surface area contributed by atoms with Gasteiger partial charge in [-0.25, -0.2) is 9.78 Å². The zero-order chi connectivity index (χ0) is 18.7. The van der Waals surface area contributed by atoms with Gasteiger partial charge in [-0.3, -0.25) is 0 Å². The van der Waals surface area contributed by atoms with Crippen molar-refractivity contribution >= 4 is 35.0 Å². The number of nitrogen functional groups attached to an aromatic ring is 1. The summed E-state index contributed by atoms with van der Waals surface area (Å²) in [6.45, 7) is 1.97. The highest BCUT2D eigenvalue weighted by molar-refractivity contribution is 6.30. The molecule has 0 unspecified atom stereocenters. The molecule has 0 radical (unpaired) electrons. The number of aromatic nitrogens is 2. The lowest BCUT2D eigenvalue weighted by molar-refractivity contribution is 0.0601. The molecular weight excluding hydrogens is 352 g/mol. The van der Waals surface area contributed by atoms with E-state index in [1.807, 2.05) is 25.1 Å². The maximum atomic E-state index is 11.5. The summed E-state index contributed by atoms with van der Waals surface area (Å²) in [6, 6.07) is 14.2. The molecule has 26 heavy (non-hydrogen) atoms. The van der Waals surface area contributed by atoms with Gasteiger partial charge in [-0.1, -0.05) is 17.7 Å². The Balaban J connectivity index is 1.91. The number of hydrogen-bond donors (Lipinski definition) is 2. The molecule has 0 spiro atoms. The molecule has 0 amide bonds. The van der Waals surface area contributed by atoms with Crippen molar-refractivity contribution in [2.45, 2.75) is 6.92 Å².